The van der Waals surface area contributed by atoms with Gasteiger partial charge in [-0.1, -0.05) is 0 Å². The molecule has 0 aromatic carbocycles. The monoisotopic (exact) mass is 277 g/mol. The van der Waals surface area contributed by atoms with Gasteiger partial charge in [-0.25, -0.2) is 0 Å². The number of carbonyl (C=O) groups is 1. The first-order valence-electron chi connectivity index (χ1n) is 7.61. The van der Waals surface area contributed by atoms with E-state index in [2.05, 4.69) is 16.2 Å². The molecule has 0 spiro atoms. The first-order valence-corrected chi connectivity index (χ1v) is 7.61. The lowest BCUT2D eigenvalue weighted by molar-refractivity contribution is -0.139. The molecule has 1 amide bonds. The van der Waals surface area contributed by atoms with E-state index in [1.165, 1.54) is 5.56 Å². The first-order chi connectivity index (χ1) is 9.74. The van der Waals surface area contributed by atoms with Crippen LogP contribution in [0.2, 0.25) is 0 Å². The number of rotatable bonds is 3. The van der Waals surface area contributed by atoms with E-state index < -0.39 is 0 Å². The third-order valence-corrected chi connectivity index (χ3v) is 4.39. The maximum atomic E-state index is 12.6. The maximum Gasteiger partial charge on any atom is 0.226 e. The summed E-state index contributed by atoms with van der Waals surface area (Å²) in [5.41, 5.74) is 1.17. The van der Waals surface area contributed by atoms with Crippen LogP contribution < -0.4 is 0 Å². The van der Waals surface area contributed by atoms with Gasteiger partial charge in [0.05, 0.1) is 18.8 Å². The molecule has 0 radical (unpaired) electrons. The lowest BCUT2D eigenvalue weighted by atomic mass is 9.98. The van der Waals surface area contributed by atoms with Gasteiger partial charge in [0, 0.05) is 31.9 Å². The Morgan fingerprint density at radius 1 is 1.40 bits per heavy atom. The van der Waals surface area contributed by atoms with Crippen molar-refractivity contribution >= 4 is 5.91 Å². The Labute approximate surface area is 119 Å². The molecule has 0 N–H and O–H groups in total. The fourth-order valence-corrected chi connectivity index (χ4v) is 3.28. The number of carbonyl (C=O) groups excluding carboxylic acids is 1. The molecule has 0 unspecified atom stereocenters. The molecule has 2 fully saturated rings. The number of likely N-dealkylation sites (tertiary alicyclic amines) is 1. The van der Waals surface area contributed by atoms with Gasteiger partial charge in [0.15, 0.2) is 0 Å². The van der Waals surface area contributed by atoms with Crippen LogP contribution in [0.25, 0.3) is 0 Å². The van der Waals surface area contributed by atoms with Gasteiger partial charge in [-0.2, -0.15) is 5.10 Å². The van der Waals surface area contributed by atoms with Crippen molar-refractivity contribution in [1.29, 1.82) is 0 Å². The molecule has 2 aliphatic heterocycles. The van der Waals surface area contributed by atoms with Crippen molar-refractivity contribution in [2.75, 3.05) is 19.8 Å². The molecule has 0 aliphatic carbocycles. The van der Waals surface area contributed by atoms with Crippen LogP contribution in [0.15, 0.2) is 12.4 Å². The number of aryl methyl sites for hydroxylation is 1. The molecule has 3 heterocycles. The van der Waals surface area contributed by atoms with Crippen molar-refractivity contribution in [2.24, 2.45) is 5.92 Å². The Morgan fingerprint density at radius 3 is 2.90 bits per heavy atom. The van der Waals surface area contributed by atoms with Gasteiger partial charge in [-0.15, -0.1) is 0 Å². The van der Waals surface area contributed by atoms with E-state index in [4.69, 9.17) is 4.74 Å². The second kappa shape index (κ2) is 5.95. The van der Waals surface area contributed by atoms with E-state index in [1.807, 2.05) is 17.8 Å². The smallest absolute Gasteiger partial charge is 0.226 e. The summed E-state index contributed by atoms with van der Waals surface area (Å²) >= 11 is 0. The zero-order valence-electron chi connectivity index (χ0n) is 12.1. The van der Waals surface area contributed by atoms with E-state index in [0.29, 0.717) is 11.9 Å². The Balaban J connectivity index is 1.63. The highest BCUT2D eigenvalue weighted by atomic mass is 16.5. The van der Waals surface area contributed by atoms with Crippen molar-refractivity contribution < 1.29 is 9.53 Å². The summed E-state index contributed by atoms with van der Waals surface area (Å²) in [4.78, 5) is 14.7. The summed E-state index contributed by atoms with van der Waals surface area (Å²) in [5, 5.41) is 4.34. The third kappa shape index (κ3) is 2.87. The number of nitrogens with zero attached hydrogens (tertiary/aromatic N) is 3. The molecule has 2 saturated heterocycles. The summed E-state index contributed by atoms with van der Waals surface area (Å²) in [6.45, 7) is 5.23. The van der Waals surface area contributed by atoms with E-state index in [-0.39, 0.29) is 5.92 Å². The third-order valence-electron chi connectivity index (χ3n) is 4.39. The lowest BCUT2D eigenvalue weighted by Gasteiger charge is -2.30. The summed E-state index contributed by atoms with van der Waals surface area (Å²) in [6.07, 6.45) is 7.88. The molecule has 110 valence electrons. The van der Waals surface area contributed by atoms with Gasteiger partial charge >= 0.3 is 0 Å². The molecular weight excluding hydrogens is 254 g/mol. The Hall–Kier alpha value is -1.36. The standard InChI is InChI=1S/C15H23N3O2/c1-12-9-16-17(10-12)11-14-3-2-6-18(14)15(19)13-4-7-20-8-5-13/h9-10,13-14H,2-8,11H2,1H3/t14-/m1/s1. The van der Waals surface area contributed by atoms with E-state index in [1.54, 1.807) is 0 Å². The van der Waals surface area contributed by atoms with Gasteiger partial charge in [0.25, 0.3) is 0 Å². The van der Waals surface area contributed by atoms with E-state index >= 15 is 0 Å². The van der Waals surface area contributed by atoms with Crippen molar-refractivity contribution in [3.63, 3.8) is 0 Å². The van der Waals surface area contributed by atoms with Crippen LogP contribution >= 0.6 is 0 Å². The lowest BCUT2D eigenvalue weighted by Crippen LogP contribution is -2.43. The molecule has 3 rings (SSSR count). The first kappa shape index (κ1) is 13.6. The van der Waals surface area contributed by atoms with Crippen LogP contribution in [0.1, 0.15) is 31.2 Å². The Kier molecular flexibility index (Phi) is 4.05. The molecule has 0 bridgehead atoms. The Bertz CT molecular complexity index is 465. The maximum absolute atomic E-state index is 12.6. The van der Waals surface area contributed by atoms with Crippen molar-refractivity contribution in [1.82, 2.24) is 14.7 Å². The molecule has 20 heavy (non-hydrogen) atoms. The van der Waals surface area contributed by atoms with Crippen LogP contribution in [0, 0.1) is 12.8 Å². The summed E-state index contributed by atoms with van der Waals surface area (Å²) < 4.78 is 7.32. The zero-order chi connectivity index (χ0) is 13.9. The zero-order valence-corrected chi connectivity index (χ0v) is 12.1. The number of aromatic nitrogens is 2. The normalized spacial score (nSPS) is 24.2. The van der Waals surface area contributed by atoms with Gasteiger partial charge in [0.1, 0.15) is 0 Å². The molecule has 5 nitrogen and oxygen atoms in total. The molecule has 1 aromatic rings. The summed E-state index contributed by atoms with van der Waals surface area (Å²) in [5.74, 6) is 0.503. The number of ether oxygens (including phenoxy) is 1. The summed E-state index contributed by atoms with van der Waals surface area (Å²) in [6, 6.07) is 0.310. The molecule has 1 atom stereocenters. The van der Waals surface area contributed by atoms with Gasteiger partial charge in [-0.05, 0) is 38.2 Å². The van der Waals surface area contributed by atoms with E-state index in [9.17, 15) is 4.79 Å². The highest BCUT2D eigenvalue weighted by Crippen LogP contribution is 2.25. The molecule has 5 heteroatoms. The van der Waals surface area contributed by atoms with Crippen molar-refractivity contribution in [3.8, 4) is 0 Å². The number of hydrogen-bond acceptors (Lipinski definition) is 3. The van der Waals surface area contributed by atoms with Crippen LogP contribution in [0.5, 0.6) is 0 Å². The Morgan fingerprint density at radius 2 is 2.20 bits per heavy atom. The van der Waals surface area contributed by atoms with Crippen LogP contribution in [0.3, 0.4) is 0 Å². The molecule has 2 aliphatic rings. The second-order valence-electron chi connectivity index (χ2n) is 5.95. The minimum absolute atomic E-state index is 0.170. The largest absolute Gasteiger partial charge is 0.381 e. The average molecular weight is 277 g/mol. The second-order valence-corrected chi connectivity index (χ2v) is 5.95. The minimum Gasteiger partial charge on any atom is -0.381 e. The van der Waals surface area contributed by atoms with Crippen LogP contribution in [-0.4, -0.2) is 46.4 Å². The van der Waals surface area contributed by atoms with Crippen LogP contribution in [-0.2, 0) is 16.1 Å². The molecule has 0 saturated carbocycles. The highest BCUT2D eigenvalue weighted by molar-refractivity contribution is 5.79. The topological polar surface area (TPSA) is 47.4 Å². The van der Waals surface area contributed by atoms with Crippen LogP contribution in [0.4, 0.5) is 0 Å². The predicted molar refractivity (Wildman–Crippen MR) is 75.2 cm³/mol. The van der Waals surface area contributed by atoms with Gasteiger partial charge in [-0.3, -0.25) is 9.48 Å². The van der Waals surface area contributed by atoms with E-state index in [0.717, 1.165) is 52.0 Å². The van der Waals surface area contributed by atoms with Gasteiger partial charge < -0.3 is 9.64 Å². The fraction of sp³-hybridized carbons (Fsp3) is 0.733. The van der Waals surface area contributed by atoms with Gasteiger partial charge in [0.2, 0.25) is 5.91 Å². The molecule has 1 aromatic heterocycles. The number of amides is 1. The van der Waals surface area contributed by atoms with Crippen molar-refractivity contribution in [2.45, 2.75) is 45.2 Å². The predicted octanol–water partition coefficient (Wildman–Crippen LogP) is 1.61. The fourth-order valence-electron chi connectivity index (χ4n) is 3.28. The SMILES string of the molecule is Cc1cnn(C[C@H]2CCCN2C(=O)C2CCOCC2)c1. The minimum atomic E-state index is 0.170. The average Bonchev–Trinajstić information content (AvgIpc) is 3.09. The quantitative estimate of drug-likeness (QED) is 0.843. The molecular formula is C15H23N3O2. The number of hydrogen-bond donors (Lipinski definition) is 0. The highest BCUT2D eigenvalue weighted by Gasteiger charge is 2.33. The summed E-state index contributed by atoms with van der Waals surface area (Å²) in [7, 11) is 0. The van der Waals surface area contributed by atoms with Crippen molar-refractivity contribution in [3.05, 3.63) is 18.0 Å².